The summed E-state index contributed by atoms with van der Waals surface area (Å²) in [7, 11) is 2.95. The highest BCUT2D eigenvalue weighted by Crippen LogP contribution is 2.43. The van der Waals surface area contributed by atoms with E-state index in [0.717, 1.165) is 26.8 Å². The number of aryl methyl sites for hydroxylation is 2. The number of carbonyl (C=O) groups excluding carboxylic acids is 2. The Kier molecular flexibility index (Phi) is 6.80. The maximum atomic E-state index is 13.6. The summed E-state index contributed by atoms with van der Waals surface area (Å²) in [4.78, 5) is 25.4. The van der Waals surface area contributed by atoms with Gasteiger partial charge in [0.25, 0.3) is 0 Å². The molecule has 0 radical (unpaired) electrons. The minimum Gasteiger partial charge on any atom is -0.497 e. The largest absolute Gasteiger partial charge is 0.497 e. The zero-order valence-corrected chi connectivity index (χ0v) is 20.2. The summed E-state index contributed by atoms with van der Waals surface area (Å²) in [6.45, 7) is 3.95. The van der Waals surface area contributed by atoms with Crippen molar-refractivity contribution in [2.45, 2.75) is 13.8 Å². The number of ether oxygens (including phenoxy) is 3. The Bertz CT molecular complexity index is 1400. The summed E-state index contributed by atoms with van der Waals surface area (Å²) in [5, 5.41) is 0.841. The molecule has 0 aliphatic rings. The molecule has 0 unspecified atom stereocenters. The van der Waals surface area contributed by atoms with Gasteiger partial charge in [-0.15, -0.1) is 11.3 Å². The van der Waals surface area contributed by atoms with Crippen molar-refractivity contribution in [3.05, 3.63) is 93.9 Å². The van der Waals surface area contributed by atoms with Gasteiger partial charge in [-0.2, -0.15) is 0 Å². The van der Waals surface area contributed by atoms with Crippen molar-refractivity contribution in [2.24, 2.45) is 0 Å². The number of carbonyl (C=O) groups is 2. The van der Waals surface area contributed by atoms with E-state index in [9.17, 15) is 9.59 Å². The highest BCUT2D eigenvalue weighted by Gasteiger charge is 2.23. The number of hydrogen-bond acceptors (Lipinski definition) is 6. The minimum atomic E-state index is -0.421. The number of hydrogen-bond donors (Lipinski definition) is 0. The third-order valence-corrected chi connectivity index (χ3v) is 6.53. The summed E-state index contributed by atoms with van der Waals surface area (Å²) < 4.78 is 17.2. The first-order chi connectivity index (χ1) is 16.4. The van der Waals surface area contributed by atoms with E-state index < -0.39 is 5.97 Å². The second-order valence-corrected chi connectivity index (χ2v) is 8.85. The van der Waals surface area contributed by atoms with Crippen LogP contribution in [0.5, 0.6) is 17.2 Å². The van der Waals surface area contributed by atoms with Crippen molar-refractivity contribution >= 4 is 39.3 Å². The van der Waals surface area contributed by atoms with Crippen LogP contribution >= 0.6 is 11.3 Å². The van der Waals surface area contributed by atoms with E-state index in [1.807, 2.05) is 62.4 Å². The molecule has 0 saturated heterocycles. The zero-order valence-electron chi connectivity index (χ0n) is 19.4. The van der Waals surface area contributed by atoms with Crippen LogP contribution in [0.4, 0.5) is 0 Å². The summed E-state index contributed by atoms with van der Waals surface area (Å²) in [5.74, 6) is 1.32. The van der Waals surface area contributed by atoms with Crippen molar-refractivity contribution in [1.82, 2.24) is 0 Å². The monoisotopic (exact) mass is 472 g/mol. The van der Waals surface area contributed by atoms with E-state index in [0.29, 0.717) is 27.7 Å². The molecule has 1 aromatic heterocycles. The van der Waals surface area contributed by atoms with Crippen LogP contribution in [-0.4, -0.2) is 26.0 Å². The topological polar surface area (TPSA) is 61.8 Å². The first-order valence-electron chi connectivity index (χ1n) is 10.7. The van der Waals surface area contributed by atoms with Crippen molar-refractivity contribution in [2.75, 3.05) is 14.2 Å². The van der Waals surface area contributed by atoms with Gasteiger partial charge in [0, 0.05) is 21.7 Å². The molecule has 0 atom stereocenters. The molecule has 172 valence electrons. The quantitative estimate of drug-likeness (QED) is 0.169. The molecule has 0 spiro atoms. The lowest BCUT2D eigenvalue weighted by atomic mass is 10.0. The number of esters is 1. The molecule has 0 aliphatic carbocycles. The number of rotatable bonds is 7. The molecular formula is C28H24O5S. The summed E-state index contributed by atoms with van der Waals surface area (Å²) in [5.41, 5.74) is 3.50. The first kappa shape index (κ1) is 23.3. The lowest BCUT2D eigenvalue weighted by Crippen LogP contribution is -2.03. The molecule has 0 saturated carbocycles. The third-order valence-electron chi connectivity index (χ3n) is 5.40. The molecule has 0 fully saturated rings. The van der Waals surface area contributed by atoms with Gasteiger partial charge in [-0.05, 0) is 61.4 Å². The Morgan fingerprint density at radius 1 is 0.882 bits per heavy atom. The van der Waals surface area contributed by atoms with Crippen molar-refractivity contribution in [3.8, 4) is 17.2 Å². The van der Waals surface area contributed by atoms with Crippen LogP contribution in [0.15, 0.2) is 66.7 Å². The van der Waals surface area contributed by atoms with Gasteiger partial charge in [-0.25, -0.2) is 4.79 Å². The van der Waals surface area contributed by atoms with Gasteiger partial charge in [-0.1, -0.05) is 35.9 Å². The van der Waals surface area contributed by atoms with E-state index >= 15 is 0 Å². The third kappa shape index (κ3) is 4.87. The van der Waals surface area contributed by atoms with E-state index in [2.05, 4.69) is 4.74 Å². The molecule has 3 aromatic carbocycles. The number of fused-ring (bicyclic) bond motifs is 1. The lowest BCUT2D eigenvalue weighted by Gasteiger charge is -2.10. The average Bonchev–Trinajstić information content (AvgIpc) is 3.20. The molecular weight excluding hydrogens is 448 g/mol. The molecule has 0 N–H and O–H groups in total. The Hall–Kier alpha value is -3.90. The molecule has 0 bridgehead atoms. The summed E-state index contributed by atoms with van der Waals surface area (Å²) >= 11 is 1.39. The minimum absolute atomic E-state index is 0.0784. The van der Waals surface area contributed by atoms with Crippen LogP contribution in [0.1, 0.15) is 31.9 Å². The fourth-order valence-electron chi connectivity index (χ4n) is 3.62. The average molecular weight is 473 g/mol. The Labute approximate surface area is 202 Å². The fourth-order valence-corrected chi connectivity index (χ4v) is 4.73. The van der Waals surface area contributed by atoms with Gasteiger partial charge >= 0.3 is 5.97 Å². The maximum absolute atomic E-state index is 13.6. The fraction of sp³-hybridized carbons (Fsp3) is 0.143. The number of ketones is 1. The summed E-state index contributed by atoms with van der Waals surface area (Å²) in [6.07, 6.45) is 3.02. The molecule has 0 amide bonds. The van der Waals surface area contributed by atoms with Crippen LogP contribution in [0.2, 0.25) is 0 Å². The molecule has 34 heavy (non-hydrogen) atoms. The maximum Gasteiger partial charge on any atom is 0.330 e. The van der Waals surface area contributed by atoms with E-state index in [-0.39, 0.29) is 5.78 Å². The first-order valence-corrected chi connectivity index (χ1v) is 11.5. The molecule has 5 nitrogen and oxygen atoms in total. The van der Waals surface area contributed by atoms with Crippen LogP contribution < -0.4 is 9.47 Å². The van der Waals surface area contributed by atoms with Crippen LogP contribution in [0.3, 0.4) is 0 Å². The molecule has 6 heteroatoms. The Morgan fingerprint density at radius 2 is 1.62 bits per heavy atom. The van der Waals surface area contributed by atoms with Gasteiger partial charge in [0.05, 0.1) is 14.2 Å². The summed E-state index contributed by atoms with van der Waals surface area (Å²) in [6, 6.07) is 18.7. The second kappa shape index (κ2) is 9.93. The van der Waals surface area contributed by atoms with Crippen LogP contribution in [0.25, 0.3) is 16.2 Å². The van der Waals surface area contributed by atoms with Crippen LogP contribution in [-0.2, 0) is 9.53 Å². The predicted molar refractivity (Wildman–Crippen MR) is 135 cm³/mol. The van der Waals surface area contributed by atoms with Crippen molar-refractivity contribution in [1.29, 1.82) is 0 Å². The standard InChI is InChI=1S/C28H24O5S/c1-17-5-12-22(18(2)15-17)26(30)28-27(23-13-11-21(31-3)16-24(23)34-28)33-20-9-6-19(7-10-20)8-14-25(29)32-4/h5-16H,1-4H3/b14-8+. The molecule has 4 rings (SSSR count). The van der Waals surface area contributed by atoms with Gasteiger partial charge in [0.1, 0.15) is 16.4 Å². The highest BCUT2D eigenvalue weighted by atomic mass is 32.1. The normalized spacial score (nSPS) is 11.1. The molecule has 0 aliphatic heterocycles. The Balaban J connectivity index is 1.74. The zero-order chi connectivity index (χ0) is 24.2. The smallest absolute Gasteiger partial charge is 0.330 e. The number of benzene rings is 3. The van der Waals surface area contributed by atoms with Gasteiger partial charge in [-0.3, -0.25) is 4.79 Å². The van der Waals surface area contributed by atoms with E-state index in [1.165, 1.54) is 24.5 Å². The van der Waals surface area contributed by atoms with Crippen molar-refractivity contribution < 1.29 is 23.8 Å². The van der Waals surface area contributed by atoms with Crippen molar-refractivity contribution in [3.63, 3.8) is 0 Å². The van der Waals surface area contributed by atoms with Gasteiger partial charge in [0.15, 0.2) is 5.75 Å². The van der Waals surface area contributed by atoms with E-state index in [1.54, 1.807) is 25.3 Å². The predicted octanol–water partition coefficient (Wildman–Crippen LogP) is 6.74. The van der Waals surface area contributed by atoms with Crippen LogP contribution in [0, 0.1) is 13.8 Å². The Morgan fingerprint density at radius 3 is 2.29 bits per heavy atom. The number of thiophene rings is 1. The van der Waals surface area contributed by atoms with Gasteiger partial charge in [0.2, 0.25) is 5.78 Å². The molecule has 4 aromatic rings. The molecule has 1 heterocycles. The highest BCUT2D eigenvalue weighted by molar-refractivity contribution is 7.21. The second-order valence-electron chi connectivity index (χ2n) is 7.80. The SMILES string of the molecule is COC(=O)/C=C/c1ccc(Oc2c(C(=O)c3ccc(C)cc3C)sc3cc(OC)ccc23)cc1. The lowest BCUT2D eigenvalue weighted by molar-refractivity contribution is -0.134. The van der Waals surface area contributed by atoms with Gasteiger partial charge < -0.3 is 14.2 Å². The van der Waals surface area contributed by atoms with E-state index in [4.69, 9.17) is 9.47 Å². The number of methoxy groups -OCH3 is 2.